The number of hydrogen-bond donors (Lipinski definition) is 2. The third kappa shape index (κ3) is 3.92. The van der Waals surface area contributed by atoms with E-state index in [4.69, 9.17) is 15.2 Å². The Kier molecular flexibility index (Phi) is 5.45. The van der Waals surface area contributed by atoms with Gasteiger partial charge in [0.2, 0.25) is 5.91 Å². The van der Waals surface area contributed by atoms with Crippen LogP contribution in [0.1, 0.15) is 12.5 Å². The summed E-state index contributed by atoms with van der Waals surface area (Å²) in [7, 11) is 3.16. The summed E-state index contributed by atoms with van der Waals surface area (Å²) in [6.45, 7) is 2.28. The van der Waals surface area contributed by atoms with Crippen molar-refractivity contribution in [1.82, 2.24) is 5.32 Å². The number of hydrogen-bond acceptors (Lipinski definition) is 4. The monoisotopic (exact) mass is 252 g/mol. The van der Waals surface area contributed by atoms with Gasteiger partial charge in [-0.1, -0.05) is 0 Å². The van der Waals surface area contributed by atoms with E-state index in [2.05, 4.69) is 5.32 Å². The summed E-state index contributed by atoms with van der Waals surface area (Å²) < 4.78 is 10.3. The number of nitrogens with two attached hydrogens (primary N) is 1. The van der Waals surface area contributed by atoms with Crippen molar-refractivity contribution in [2.24, 2.45) is 5.73 Å². The third-order valence-electron chi connectivity index (χ3n) is 2.60. The number of carbonyl (C=O) groups is 1. The van der Waals surface area contributed by atoms with Gasteiger partial charge in [0.25, 0.3) is 0 Å². The van der Waals surface area contributed by atoms with E-state index in [1.165, 1.54) is 0 Å². The Morgan fingerprint density at radius 2 is 2.11 bits per heavy atom. The Balaban J connectivity index is 2.78. The molecular weight excluding hydrogens is 232 g/mol. The lowest BCUT2D eigenvalue weighted by atomic mass is 10.1. The van der Waals surface area contributed by atoms with Gasteiger partial charge in [0.1, 0.15) is 11.5 Å². The highest BCUT2D eigenvalue weighted by Crippen LogP contribution is 2.24. The average Bonchev–Trinajstić information content (AvgIpc) is 2.38. The third-order valence-corrected chi connectivity index (χ3v) is 2.60. The van der Waals surface area contributed by atoms with Gasteiger partial charge in [-0.2, -0.15) is 0 Å². The molecule has 0 radical (unpaired) electrons. The highest BCUT2D eigenvalue weighted by Gasteiger charge is 2.11. The van der Waals surface area contributed by atoms with E-state index in [1.807, 2.05) is 6.92 Å². The number of nitrogens with one attached hydrogen (secondary N) is 1. The first-order chi connectivity index (χ1) is 8.60. The molecule has 0 aliphatic rings. The molecule has 1 atom stereocenters. The Morgan fingerprint density at radius 1 is 1.39 bits per heavy atom. The second-order valence-electron chi connectivity index (χ2n) is 4.06. The smallest absolute Gasteiger partial charge is 0.224 e. The molecule has 0 saturated heterocycles. The van der Waals surface area contributed by atoms with Gasteiger partial charge < -0.3 is 20.5 Å². The lowest BCUT2D eigenvalue weighted by Crippen LogP contribution is -2.38. The first-order valence-electron chi connectivity index (χ1n) is 5.81. The van der Waals surface area contributed by atoms with Crippen LogP contribution in [0.4, 0.5) is 0 Å². The fraction of sp³-hybridized carbons (Fsp3) is 0.462. The molecule has 0 heterocycles. The molecule has 3 N–H and O–H groups in total. The molecule has 0 fully saturated rings. The van der Waals surface area contributed by atoms with Gasteiger partial charge in [0.15, 0.2) is 0 Å². The number of rotatable bonds is 6. The van der Waals surface area contributed by atoms with Crippen LogP contribution in [0.25, 0.3) is 0 Å². The maximum Gasteiger partial charge on any atom is 0.224 e. The van der Waals surface area contributed by atoms with Crippen molar-refractivity contribution >= 4 is 5.91 Å². The van der Waals surface area contributed by atoms with E-state index in [-0.39, 0.29) is 18.4 Å². The van der Waals surface area contributed by atoms with Gasteiger partial charge in [0.05, 0.1) is 20.6 Å². The summed E-state index contributed by atoms with van der Waals surface area (Å²) in [5.41, 5.74) is 6.25. The second kappa shape index (κ2) is 6.86. The first-order valence-corrected chi connectivity index (χ1v) is 5.81. The first kappa shape index (κ1) is 14.3. The number of methoxy groups -OCH3 is 2. The van der Waals surface area contributed by atoms with E-state index in [0.29, 0.717) is 18.0 Å². The molecule has 1 rings (SSSR count). The molecule has 0 unspecified atom stereocenters. The maximum atomic E-state index is 11.8. The Labute approximate surface area is 107 Å². The van der Waals surface area contributed by atoms with Gasteiger partial charge in [-0.25, -0.2) is 0 Å². The predicted molar refractivity (Wildman–Crippen MR) is 69.9 cm³/mol. The van der Waals surface area contributed by atoms with Crippen LogP contribution >= 0.6 is 0 Å². The van der Waals surface area contributed by atoms with E-state index in [9.17, 15) is 4.79 Å². The zero-order chi connectivity index (χ0) is 13.5. The lowest BCUT2D eigenvalue weighted by Gasteiger charge is -2.13. The molecule has 0 aliphatic carbocycles. The standard InChI is InChI=1S/C13H20N2O3/c1-9(8-14)15-13(16)7-10-6-11(17-2)4-5-12(10)18-3/h4-6,9H,7-8,14H2,1-3H3,(H,15,16)/t9-/m0/s1. The van der Waals surface area contributed by atoms with Gasteiger partial charge in [-0.3, -0.25) is 4.79 Å². The minimum absolute atomic E-state index is 0.0332. The highest BCUT2D eigenvalue weighted by molar-refractivity contribution is 5.79. The van der Waals surface area contributed by atoms with Gasteiger partial charge in [-0.05, 0) is 25.1 Å². The zero-order valence-electron chi connectivity index (χ0n) is 11.0. The topological polar surface area (TPSA) is 73.6 Å². The molecule has 0 spiro atoms. The normalized spacial score (nSPS) is 11.8. The number of amides is 1. The summed E-state index contributed by atoms with van der Waals surface area (Å²) >= 11 is 0. The van der Waals surface area contributed by atoms with E-state index in [0.717, 1.165) is 5.56 Å². The fourth-order valence-electron chi connectivity index (χ4n) is 1.58. The molecule has 0 bridgehead atoms. The van der Waals surface area contributed by atoms with Crippen LogP contribution in [0.2, 0.25) is 0 Å². The highest BCUT2D eigenvalue weighted by atomic mass is 16.5. The van der Waals surface area contributed by atoms with E-state index < -0.39 is 0 Å². The van der Waals surface area contributed by atoms with Crippen LogP contribution in [0.5, 0.6) is 11.5 Å². The number of ether oxygens (including phenoxy) is 2. The van der Waals surface area contributed by atoms with Crippen molar-refractivity contribution in [2.45, 2.75) is 19.4 Å². The van der Waals surface area contributed by atoms with Gasteiger partial charge >= 0.3 is 0 Å². The molecule has 5 nitrogen and oxygen atoms in total. The number of carbonyl (C=O) groups excluding carboxylic acids is 1. The van der Waals surface area contributed by atoms with Crippen molar-refractivity contribution in [3.05, 3.63) is 23.8 Å². The minimum Gasteiger partial charge on any atom is -0.497 e. The molecule has 100 valence electrons. The Bertz CT molecular complexity index is 407. The van der Waals surface area contributed by atoms with Gasteiger partial charge in [0, 0.05) is 18.2 Å². The number of benzene rings is 1. The molecule has 1 aromatic rings. The predicted octanol–water partition coefficient (Wildman–Crippen LogP) is 0.710. The van der Waals surface area contributed by atoms with Crippen molar-refractivity contribution in [3.63, 3.8) is 0 Å². The molecule has 1 amide bonds. The minimum atomic E-state index is -0.0838. The SMILES string of the molecule is COc1ccc(OC)c(CC(=O)N[C@@H](C)CN)c1. The Morgan fingerprint density at radius 3 is 2.67 bits per heavy atom. The van der Waals surface area contributed by atoms with Crippen molar-refractivity contribution in [3.8, 4) is 11.5 Å². The zero-order valence-corrected chi connectivity index (χ0v) is 11.0. The molecule has 0 aromatic heterocycles. The van der Waals surface area contributed by atoms with E-state index in [1.54, 1.807) is 32.4 Å². The summed E-state index contributed by atoms with van der Waals surface area (Å²) in [6, 6.07) is 5.34. The van der Waals surface area contributed by atoms with Crippen LogP contribution in [0, 0.1) is 0 Å². The van der Waals surface area contributed by atoms with Gasteiger partial charge in [-0.15, -0.1) is 0 Å². The summed E-state index contributed by atoms with van der Waals surface area (Å²) in [6.07, 6.45) is 0.241. The van der Waals surface area contributed by atoms with Crippen molar-refractivity contribution in [2.75, 3.05) is 20.8 Å². The van der Waals surface area contributed by atoms with Crippen LogP contribution < -0.4 is 20.5 Å². The second-order valence-corrected chi connectivity index (χ2v) is 4.06. The fourth-order valence-corrected chi connectivity index (χ4v) is 1.58. The summed E-state index contributed by atoms with van der Waals surface area (Å²) in [5.74, 6) is 1.29. The van der Waals surface area contributed by atoms with Crippen molar-refractivity contribution in [1.29, 1.82) is 0 Å². The lowest BCUT2D eigenvalue weighted by molar-refractivity contribution is -0.121. The van der Waals surface area contributed by atoms with Crippen molar-refractivity contribution < 1.29 is 14.3 Å². The summed E-state index contributed by atoms with van der Waals surface area (Å²) in [4.78, 5) is 11.8. The molecule has 5 heteroatoms. The summed E-state index contributed by atoms with van der Waals surface area (Å²) in [5, 5.41) is 2.81. The van der Waals surface area contributed by atoms with Crippen LogP contribution in [-0.4, -0.2) is 32.7 Å². The van der Waals surface area contributed by atoms with E-state index >= 15 is 0 Å². The molecule has 0 saturated carbocycles. The quantitative estimate of drug-likeness (QED) is 0.782. The molecule has 0 aliphatic heterocycles. The Hall–Kier alpha value is -1.75. The molecule has 18 heavy (non-hydrogen) atoms. The van der Waals surface area contributed by atoms with Crippen LogP contribution in [-0.2, 0) is 11.2 Å². The average molecular weight is 252 g/mol. The van der Waals surface area contributed by atoms with Crippen LogP contribution in [0.15, 0.2) is 18.2 Å². The largest absolute Gasteiger partial charge is 0.497 e. The maximum absolute atomic E-state index is 11.8. The van der Waals surface area contributed by atoms with Crippen LogP contribution in [0.3, 0.4) is 0 Å². The molecular formula is C13H20N2O3. The molecule has 1 aromatic carbocycles.